The van der Waals surface area contributed by atoms with Gasteiger partial charge in [0.25, 0.3) is 0 Å². The number of fused-ring (bicyclic) bond motifs is 1. The number of alkyl halides is 3. The van der Waals surface area contributed by atoms with Gasteiger partial charge in [-0.1, -0.05) is 18.2 Å². The summed E-state index contributed by atoms with van der Waals surface area (Å²) < 4.78 is 37.8. The van der Waals surface area contributed by atoms with Crippen LogP contribution in [-0.4, -0.2) is 57.9 Å². The third-order valence-electron chi connectivity index (χ3n) is 4.94. The number of aromatic nitrogens is 2. The predicted molar refractivity (Wildman–Crippen MR) is 106 cm³/mol. The molecule has 1 aliphatic heterocycles. The second-order valence-corrected chi connectivity index (χ2v) is 7.73. The summed E-state index contributed by atoms with van der Waals surface area (Å²) in [5.41, 5.74) is 0.855. The Balaban J connectivity index is 1.30. The molecule has 2 aromatic heterocycles. The van der Waals surface area contributed by atoms with Crippen LogP contribution in [0.3, 0.4) is 0 Å². The Morgan fingerprint density at radius 3 is 2.53 bits per heavy atom. The molecular weight excluding hydrogens is 419 g/mol. The van der Waals surface area contributed by atoms with Crippen LogP contribution >= 0.6 is 11.3 Å². The van der Waals surface area contributed by atoms with Gasteiger partial charge in [-0.05, 0) is 11.6 Å². The minimum atomic E-state index is -4.55. The Bertz CT molecular complexity index is 1070. The molecule has 1 aromatic carbocycles. The number of benzene rings is 1. The monoisotopic (exact) mass is 437 g/mol. The maximum absolute atomic E-state index is 12.7. The summed E-state index contributed by atoms with van der Waals surface area (Å²) >= 11 is 0.720. The zero-order valence-electron chi connectivity index (χ0n) is 15.7. The molecule has 4 rings (SSSR count). The first-order valence-electron chi connectivity index (χ1n) is 9.22. The van der Waals surface area contributed by atoms with Crippen LogP contribution in [0.15, 0.2) is 35.8 Å². The highest BCUT2D eigenvalue weighted by molar-refractivity contribution is 7.13. The predicted octanol–water partition coefficient (Wildman–Crippen LogP) is 3.56. The largest absolute Gasteiger partial charge is 0.434 e. The maximum atomic E-state index is 12.7. The van der Waals surface area contributed by atoms with Gasteiger partial charge in [0.1, 0.15) is 0 Å². The number of urea groups is 1. The molecule has 3 heterocycles. The van der Waals surface area contributed by atoms with Crippen LogP contribution in [0.5, 0.6) is 0 Å². The summed E-state index contributed by atoms with van der Waals surface area (Å²) in [6.45, 7) is 1.31. The summed E-state index contributed by atoms with van der Waals surface area (Å²) in [5, 5.41) is 4.15. The number of carbonyl (C=O) groups excluding carboxylic acids is 2. The van der Waals surface area contributed by atoms with Crippen LogP contribution in [-0.2, 0) is 17.4 Å². The Morgan fingerprint density at radius 2 is 1.83 bits per heavy atom. The molecular formula is C19H18F3N5O2S. The lowest BCUT2D eigenvalue weighted by Gasteiger charge is -2.34. The highest BCUT2D eigenvalue weighted by Gasteiger charge is 2.34. The molecule has 11 heteroatoms. The van der Waals surface area contributed by atoms with Crippen LogP contribution in [0.25, 0.3) is 10.9 Å². The lowest BCUT2D eigenvalue weighted by molar-refractivity contribution is -0.140. The average molecular weight is 437 g/mol. The van der Waals surface area contributed by atoms with Crippen LogP contribution in [0.4, 0.5) is 23.1 Å². The lowest BCUT2D eigenvalue weighted by Crippen LogP contribution is -2.52. The number of halogens is 3. The van der Waals surface area contributed by atoms with Gasteiger partial charge in [-0.15, -0.1) is 11.3 Å². The zero-order valence-corrected chi connectivity index (χ0v) is 16.5. The number of anilines is 1. The molecule has 158 valence electrons. The minimum Gasteiger partial charge on any atom is -0.361 e. The molecule has 0 atom stereocenters. The number of nitrogens with zero attached hydrogens (tertiary/aromatic N) is 3. The second-order valence-electron chi connectivity index (χ2n) is 6.87. The average Bonchev–Trinajstić information content (AvgIpc) is 3.35. The van der Waals surface area contributed by atoms with Crippen molar-refractivity contribution in [2.24, 2.45) is 0 Å². The van der Waals surface area contributed by atoms with Gasteiger partial charge in [-0.25, -0.2) is 9.78 Å². The van der Waals surface area contributed by atoms with E-state index in [2.05, 4.69) is 15.3 Å². The fraction of sp³-hybridized carbons (Fsp3) is 0.316. The van der Waals surface area contributed by atoms with Crippen molar-refractivity contribution in [2.75, 3.05) is 31.5 Å². The summed E-state index contributed by atoms with van der Waals surface area (Å²) in [6.07, 6.45) is -2.46. The van der Waals surface area contributed by atoms with Crippen molar-refractivity contribution in [1.82, 2.24) is 19.8 Å². The number of aromatic amines is 1. The van der Waals surface area contributed by atoms with Crippen molar-refractivity contribution in [1.29, 1.82) is 0 Å². The van der Waals surface area contributed by atoms with Crippen molar-refractivity contribution >= 4 is 39.3 Å². The molecule has 1 fully saturated rings. The van der Waals surface area contributed by atoms with E-state index in [-0.39, 0.29) is 17.5 Å². The number of carbonyl (C=O) groups is 2. The van der Waals surface area contributed by atoms with Gasteiger partial charge in [0.15, 0.2) is 10.8 Å². The standard InChI is InChI=1S/C19H18F3N5O2S/c20-19(21,22)15-11-30-17(24-15)25-18(29)27-7-5-26(6-8-27)16(28)9-12-10-23-14-4-2-1-3-13(12)14/h1-4,10-11,23H,5-9H2,(H,24,25,29). The Hall–Kier alpha value is -3.08. The highest BCUT2D eigenvalue weighted by atomic mass is 32.1. The van der Waals surface area contributed by atoms with Crippen LogP contribution in [0, 0.1) is 0 Å². The SMILES string of the molecule is O=C(Cc1c[nH]c2ccccc12)N1CCN(C(=O)Nc2nc(C(F)(F)F)cs2)CC1. The molecule has 0 aliphatic carbocycles. The van der Waals surface area contributed by atoms with Gasteiger partial charge >= 0.3 is 12.2 Å². The van der Waals surface area contributed by atoms with E-state index in [4.69, 9.17) is 0 Å². The van der Waals surface area contributed by atoms with Crippen molar-refractivity contribution in [2.45, 2.75) is 12.6 Å². The van der Waals surface area contributed by atoms with E-state index in [9.17, 15) is 22.8 Å². The van der Waals surface area contributed by atoms with Gasteiger partial charge < -0.3 is 14.8 Å². The summed E-state index contributed by atoms with van der Waals surface area (Å²) in [6, 6.07) is 7.22. The third kappa shape index (κ3) is 4.25. The number of para-hydroxylation sites is 1. The Morgan fingerprint density at radius 1 is 1.13 bits per heavy atom. The Kier molecular flexibility index (Phi) is 5.37. The number of piperazine rings is 1. The van der Waals surface area contributed by atoms with E-state index in [1.807, 2.05) is 30.5 Å². The van der Waals surface area contributed by atoms with Crippen LogP contribution in [0.2, 0.25) is 0 Å². The van der Waals surface area contributed by atoms with E-state index in [0.29, 0.717) is 26.2 Å². The normalized spacial score (nSPS) is 14.9. The van der Waals surface area contributed by atoms with E-state index >= 15 is 0 Å². The third-order valence-corrected chi connectivity index (χ3v) is 5.70. The number of amides is 3. The van der Waals surface area contributed by atoms with Crippen molar-refractivity contribution in [3.05, 3.63) is 47.1 Å². The molecule has 0 saturated carbocycles. The summed E-state index contributed by atoms with van der Waals surface area (Å²) in [4.78, 5) is 34.6. The molecule has 0 radical (unpaired) electrons. The molecule has 1 saturated heterocycles. The van der Waals surface area contributed by atoms with E-state index in [1.165, 1.54) is 4.90 Å². The number of thiazole rings is 1. The van der Waals surface area contributed by atoms with Crippen LogP contribution in [0.1, 0.15) is 11.3 Å². The molecule has 1 aliphatic rings. The first-order valence-corrected chi connectivity index (χ1v) is 10.1. The molecule has 7 nitrogen and oxygen atoms in total. The molecule has 30 heavy (non-hydrogen) atoms. The van der Waals surface area contributed by atoms with E-state index in [1.54, 1.807) is 4.90 Å². The molecule has 3 amide bonds. The van der Waals surface area contributed by atoms with Gasteiger partial charge in [-0.3, -0.25) is 10.1 Å². The van der Waals surface area contributed by atoms with E-state index < -0.39 is 17.9 Å². The number of rotatable bonds is 3. The van der Waals surface area contributed by atoms with Crippen molar-refractivity contribution in [3.63, 3.8) is 0 Å². The highest BCUT2D eigenvalue weighted by Crippen LogP contribution is 2.31. The molecule has 3 aromatic rings. The Labute approximate surface area is 173 Å². The summed E-state index contributed by atoms with van der Waals surface area (Å²) in [5.74, 6) is -0.0328. The number of H-pyrrole nitrogens is 1. The number of hydrogen-bond donors (Lipinski definition) is 2. The molecule has 2 N–H and O–H groups in total. The smallest absolute Gasteiger partial charge is 0.361 e. The topological polar surface area (TPSA) is 81.3 Å². The summed E-state index contributed by atoms with van der Waals surface area (Å²) in [7, 11) is 0. The molecule has 0 unspecified atom stereocenters. The lowest BCUT2D eigenvalue weighted by atomic mass is 10.1. The van der Waals surface area contributed by atoms with Crippen molar-refractivity contribution in [3.8, 4) is 0 Å². The zero-order chi connectivity index (χ0) is 21.3. The van der Waals surface area contributed by atoms with Crippen LogP contribution < -0.4 is 5.32 Å². The fourth-order valence-corrected chi connectivity index (χ4v) is 4.05. The minimum absolute atomic E-state index is 0.0328. The quantitative estimate of drug-likeness (QED) is 0.658. The first-order chi connectivity index (χ1) is 14.3. The maximum Gasteiger partial charge on any atom is 0.434 e. The van der Waals surface area contributed by atoms with Gasteiger partial charge in [0.2, 0.25) is 5.91 Å². The van der Waals surface area contributed by atoms with E-state index in [0.717, 1.165) is 33.2 Å². The first kappa shape index (κ1) is 20.2. The second kappa shape index (κ2) is 7.98. The van der Waals surface area contributed by atoms with Crippen molar-refractivity contribution < 1.29 is 22.8 Å². The van der Waals surface area contributed by atoms with Gasteiger partial charge in [0.05, 0.1) is 6.42 Å². The van der Waals surface area contributed by atoms with Gasteiger partial charge in [-0.2, -0.15) is 13.2 Å². The molecule has 0 bridgehead atoms. The van der Waals surface area contributed by atoms with Gasteiger partial charge in [0, 0.05) is 48.7 Å². The number of nitrogens with one attached hydrogen (secondary N) is 2. The number of hydrogen-bond acceptors (Lipinski definition) is 4. The fourth-order valence-electron chi connectivity index (χ4n) is 3.34. The molecule has 0 spiro atoms.